The van der Waals surface area contributed by atoms with Crippen LogP contribution in [0, 0.1) is 0 Å². The second-order valence-corrected chi connectivity index (χ2v) is 5.22. The van der Waals surface area contributed by atoms with E-state index in [0.29, 0.717) is 11.8 Å². The van der Waals surface area contributed by atoms with Gasteiger partial charge in [-0.2, -0.15) is 0 Å². The minimum atomic E-state index is -0.310. The van der Waals surface area contributed by atoms with Gasteiger partial charge in [-0.3, -0.25) is 0 Å². The Morgan fingerprint density at radius 2 is 1.78 bits per heavy atom. The fourth-order valence-electron chi connectivity index (χ4n) is 1.65. The number of rotatable bonds is 3. The van der Waals surface area contributed by atoms with E-state index in [4.69, 9.17) is 9.15 Å². The Morgan fingerprint density at radius 3 is 2.28 bits per heavy atom. The molecule has 1 atom stereocenters. The number of hydrogen-bond donors (Lipinski definition) is 0. The lowest BCUT2D eigenvalue weighted by molar-refractivity contribution is 0.109. The van der Waals surface area contributed by atoms with Gasteiger partial charge in [0.1, 0.15) is 0 Å². The highest BCUT2D eigenvalue weighted by Gasteiger charge is 2.25. The lowest BCUT2D eigenvalue weighted by Gasteiger charge is -2.13. The largest absolute Gasteiger partial charge is 0.421 e. The maximum absolute atomic E-state index is 5.71. The van der Waals surface area contributed by atoms with Gasteiger partial charge in [0.05, 0.1) is 0 Å². The maximum Gasteiger partial charge on any atom is 0.249 e. The second kappa shape index (κ2) is 4.90. The molecule has 0 bridgehead atoms. The fraction of sp³-hybridized carbons (Fsp3) is 0.429. The number of methoxy groups -OCH3 is 1. The lowest BCUT2D eigenvalue weighted by atomic mass is 9.97. The van der Waals surface area contributed by atoms with Gasteiger partial charge in [0.2, 0.25) is 11.8 Å². The third-order valence-electron chi connectivity index (χ3n) is 2.64. The highest BCUT2D eigenvalue weighted by molar-refractivity contribution is 5.22. The highest BCUT2D eigenvalue weighted by Crippen LogP contribution is 2.27. The third kappa shape index (κ3) is 2.59. The minimum Gasteiger partial charge on any atom is -0.421 e. The Labute approximate surface area is 107 Å². The van der Waals surface area contributed by atoms with E-state index >= 15 is 0 Å². The van der Waals surface area contributed by atoms with Crippen molar-refractivity contribution in [3.05, 3.63) is 47.7 Å². The molecule has 1 aromatic heterocycles. The Hall–Kier alpha value is -1.68. The van der Waals surface area contributed by atoms with Crippen LogP contribution in [0.3, 0.4) is 0 Å². The molecular weight excluding hydrogens is 228 g/mol. The van der Waals surface area contributed by atoms with Crippen molar-refractivity contribution in [3.63, 3.8) is 0 Å². The van der Waals surface area contributed by atoms with Crippen molar-refractivity contribution >= 4 is 0 Å². The van der Waals surface area contributed by atoms with Gasteiger partial charge in [-0.1, -0.05) is 51.1 Å². The molecule has 18 heavy (non-hydrogen) atoms. The predicted molar refractivity (Wildman–Crippen MR) is 68.3 cm³/mol. The van der Waals surface area contributed by atoms with Crippen molar-refractivity contribution in [2.45, 2.75) is 32.3 Å². The summed E-state index contributed by atoms with van der Waals surface area (Å²) in [6, 6.07) is 9.85. The summed E-state index contributed by atoms with van der Waals surface area (Å²) in [4.78, 5) is 0. The van der Waals surface area contributed by atoms with Crippen molar-refractivity contribution in [1.82, 2.24) is 10.2 Å². The average molecular weight is 246 g/mol. The van der Waals surface area contributed by atoms with Crippen LogP contribution in [0.1, 0.15) is 44.2 Å². The summed E-state index contributed by atoms with van der Waals surface area (Å²) in [6.45, 7) is 6.11. The first-order chi connectivity index (χ1) is 8.52. The number of hydrogen-bond acceptors (Lipinski definition) is 4. The summed E-state index contributed by atoms with van der Waals surface area (Å²) in [6.07, 6.45) is -0.310. The van der Waals surface area contributed by atoms with Crippen LogP contribution in [0.5, 0.6) is 0 Å². The molecule has 2 rings (SSSR count). The van der Waals surface area contributed by atoms with E-state index in [1.165, 1.54) is 0 Å². The van der Waals surface area contributed by atoms with Crippen LogP contribution in [0.25, 0.3) is 0 Å². The molecule has 96 valence electrons. The first-order valence-corrected chi connectivity index (χ1v) is 5.94. The molecule has 0 spiro atoms. The van der Waals surface area contributed by atoms with Crippen molar-refractivity contribution in [2.75, 3.05) is 7.11 Å². The molecule has 0 radical (unpaired) electrons. The number of ether oxygens (including phenoxy) is 1. The molecule has 2 aromatic rings. The van der Waals surface area contributed by atoms with Gasteiger partial charge >= 0.3 is 0 Å². The number of benzene rings is 1. The zero-order valence-corrected chi connectivity index (χ0v) is 11.2. The highest BCUT2D eigenvalue weighted by atomic mass is 16.5. The average Bonchev–Trinajstić information content (AvgIpc) is 2.81. The molecule has 0 aliphatic heterocycles. The molecule has 0 aliphatic carbocycles. The van der Waals surface area contributed by atoms with Gasteiger partial charge in [0.25, 0.3) is 0 Å². The smallest absolute Gasteiger partial charge is 0.249 e. The first-order valence-electron chi connectivity index (χ1n) is 5.94. The molecule has 4 heteroatoms. The van der Waals surface area contributed by atoms with Crippen LogP contribution in [0.4, 0.5) is 0 Å². The lowest BCUT2D eigenvalue weighted by Crippen LogP contribution is -2.11. The monoisotopic (exact) mass is 246 g/mol. The molecule has 0 saturated heterocycles. The van der Waals surface area contributed by atoms with Gasteiger partial charge in [-0.25, -0.2) is 0 Å². The van der Waals surface area contributed by atoms with Gasteiger partial charge in [-0.05, 0) is 5.56 Å². The Kier molecular flexibility index (Phi) is 3.48. The maximum atomic E-state index is 5.71. The molecule has 1 unspecified atom stereocenters. The number of nitrogens with zero attached hydrogens (tertiary/aromatic N) is 2. The van der Waals surface area contributed by atoms with E-state index in [1.807, 2.05) is 51.1 Å². The minimum absolute atomic E-state index is 0.153. The van der Waals surface area contributed by atoms with Crippen molar-refractivity contribution in [2.24, 2.45) is 0 Å². The standard InChI is InChI=1S/C14H18N2O2/c1-14(2,3)13-16-15-12(18-13)11(17-4)10-8-6-5-7-9-10/h5-9,11H,1-4H3. The number of aromatic nitrogens is 2. The molecule has 0 saturated carbocycles. The summed E-state index contributed by atoms with van der Waals surface area (Å²) in [5.41, 5.74) is 0.851. The zero-order chi connectivity index (χ0) is 13.2. The van der Waals surface area contributed by atoms with Crippen LogP contribution in [0.15, 0.2) is 34.7 Å². The summed E-state index contributed by atoms with van der Waals surface area (Å²) < 4.78 is 11.2. The normalized spacial score (nSPS) is 13.6. The summed E-state index contributed by atoms with van der Waals surface area (Å²) >= 11 is 0. The molecule has 0 N–H and O–H groups in total. The van der Waals surface area contributed by atoms with Crippen LogP contribution >= 0.6 is 0 Å². The topological polar surface area (TPSA) is 48.2 Å². The molecule has 1 aromatic carbocycles. The molecule has 1 heterocycles. The Balaban J connectivity index is 2.32. The quantitative estimate of drug-likeness (QED) is 0.835. The zero-order valence-electron chi connectivity index (χ0n) is 11.2. The molecule has 0 amide bonds. The van der Waals surface area contributed by atoms with Crippen molar-refractivity contribution < 1.29 is 9.15 Å². The molecular formula is C14H18N2O2. The van der Waals surface area contributed by atoms with E-state index in [1.54, 1.807) is 7.11 Å². The van der Waals surface area contributed by atoms with Crippen molar-refractivity contribution in [3.8, 4) is 0 Å². The van der Waals surface area contributed by atoms with Crippen LogP contribution in [-0.4, -0.2) is 17.3 Å². The molecule has 0 aliphatic rings. The van der Waals surface area contributed by atoms with Crippen molar-refractivity contribution in [1.29, 1.82) is 0 Å². The second-order valence-electron chi connectivity index (χ2n) is 5.22. The SMILES string of the molecule is COC(c1ccccc1)c1nnc(C(C)(C)C)o1. The van der Waals surface area contributed by atoms with Gasteiger partial charge < -0.3 is 9.15 Å². The first kappa shape index (κ1) is 12.8. The third-order valence-corrected chi connectivity index (χ3v) is 2.64. The molecule has 4 nitrogen and oxygen atoms in total. The Bertz CT molecular complexity index is 500. The van der Waals surface area contributed by atoms with E-state index in [2.05, 4.69) is 10.2 Å². The van der Waals surface area contributed by atoms with Crippen LogP contribution < -0.4 is 0 Å². The van der Waals surface area contributed by atoms with E-state index < -0.39 is 0 Å². The predicted octanol–water partition coefficient (Wildman–Crippen LogP) is 3.10. The molecule has 0 fully saturated rings. The van der Waals surface area contributed by atoms with Gasteiger partial charge in [0.15, 0.2) is 6.10 Å². The van der Waals surface area contributed by atoms with Gasteiger partial charge in [-0.15, -0.1) is 10.2 Å². The van der Waals surface area contributed by atoms with E-state index in [0.717, 1.165) is 5.56 Å². The summed E-state index contributed by atoms with van der Waals surface area (Å²) in [5.74, 6) is 1.11. The fourth-order valence-corrected chi connectivity index (χ4v) is 1.65. The van der Waals surface area contributed by atoms with Gasteiger partial charge in [0, 0.05) is 12.5 Å². The Morgan fingerprint density at radius 1 is 1.11 bits per heavy atom. The van der Waals surface area contributed by atoms with Crippen LogP contribution in [0.2, 0.25) is 0 Å². The summed E-state index contributed by atoms with van der Waals surface area (Å²) in [7, 11) is 1.64. The van der Waals surface area contributed by atoms with E-state index in [-0.39, 0.29) is 11.5 Å². The summed E-state index contributed by atoms with van der Waals surface area (Å²) in [5, 5.41) is 8.17. The van der Waals surface area contributed by atoms with Crippen LogP contribution in [-0.2, 0) is 10.2 Å². The van der Waals surface area contributed by atoms with E-state index in [9.17, 15) is 0 Å².